The fourth-order valence-electron chi connectivity index (χ4n) is 2.35. The molecule has 0 heterocycles. The first kappa shape index (κ1) is 17.6. The Morgan fingerprint density at radius 3 is 1.50 bits per heavy atom. The van der Waals surface area contributed by atoms with Crippen LogP contribution < -0.4 is 9.47 Å². The van der Waals surface area contributed by atoms with Crippen LogP contribution in [0, 0.1) is 13.8 Å². The summed E-state index contributed by atoms with van der Waals surface area (Å²) in [7, 11) is 0. The highest BCUT2D eigenvalue weighted by Gasteiger charge is 2.21. The quantitative estimate of drug-likeness (QED) is 0.605. The molecule has 0 amide bonds. The van der Waals surface area contributed by atoms with Gasteiger partial charge >= 0.3 is 12.3 Å². The minimum Gasteiger partial charge on any atom is -0.434 e. The molecule has 0 saturated carbocycles. The Balaban J connectivity index is 2.56. The maximum Gasteiger partial charge on any atom is 0.513 e. The topological polar surface area (TPSA) is 71.1 Å². The van der Waals surface area contributed by atoms with E-state index in [4.69, 9.17) is 18.9 Å². The van der Waals surface area contributed by atoms with Crippen molar-refractivity contribution in [3.63, 3.8) is 0 Å². The molecule has 0 N–H and O–H groups in total. The Kier molecular flexibility index (Phi) is 5.63. The van der Waals surface area contributed by atoms with E-state index in [0.29, 0.717) is 33.4 Å². The number of carbonyl (C=O) groups is 2. The average Bonchev–Trinajstić information content (AvgIpc) is 2.56. The fourth-order valence-corrected chi connectivity index (χ4v) is 2.35. The molecule has 2 rings (SSSR count). The molecule has 128 valence electrons. The van der Waals surface area contributed by atoms with E-state index in [0.717, 1.165) is 0 Å². The van der Waals surface area contributed by atoms with E-state index >= 15 is 0 Å². The Morgan fingerprint density at radius 1 is 0.792 bits per heavy atom. The van der Waals surface area contributed by atoms with Gasteiger partial charge in [0.2, 0.25) is 0 Å². The van der Waals surface area contributed by atoms with Crippen molar-refractivity contribution in [1.29, 1.82) is 0 Å². The van der Waals surface area contributed by atoms with Crippen LogP contribution in [0.3, 0.4) is 0 Å². The normalized spacial score (nSPS) is 10.3. The summed E-state index contributed by atoms with van der Waals surface area (Å²) < 4.78 is 20.4. The standard InChI is InChI=1S/C18H20O6/c1-5-21-17(19)23-15-11(3)12(4)16(24-18(20)22-6-2)14-10-8-7-9-13(14)15/h7-10H,5-6H2,1-4H3. The lowest BCUT2D eigenvalue weighted by Gasteiger charge is -2.17. The summed E-state index contributed by atoms with van der Waals surface area (Å²) in [4.78, 5) is 23.4. The molecule has 0 radical (unpaired) electrons. The van der Waals surface area contributed by atoms with Gasteiger partial charge in [-0.3, -0.25) is 0 Å². The minimum absolute atomic E-state index is 0.221. The number of fused-ring (bicyclic) bond motifs is 1. The summed E-state index contributed by atoms with van der Waals surface area (Å²) in [5.41, 5.74) is 1.36. The molecule has 0 saturated heterocycles. The molecular weight excluding hydrogens is 312 g/mol. The first-order valence-corrected chi connectivity index (χ1v) is 7.70. The van der Waals surface area contributed by atoms with E-state index in [1.807, 2.05) is 12.1 Å². The third-order valence-corrected chi connectivity index (χ3v) is 3.56. The number of hydrogen-bond donors (Lipinski definition) is 0. The molecule has 0 aliphatic heterocycles. The predicted octanol–water partition coefficient (Wildman–Crippen LogP) is 4.53. The third kappa shape index (κ3) is 3.59. The van der Waals surface area contributed by atoms with Crippen molar-refractivity contribution in [2.75, 3.05) is 13.2 Å². The summed E-state index contributed by atoms with van der Waals surface area (Å²) in [6.45, 7) is 7.42. The summed E-state index contributed by atoms with van der Waals surface area (Å²) in [5, 5.41) is 1.29. The van der Waals surface area contributed by atoms with Crippen LogP contribution in [0.5, 0.6) is 11.5 Å². The zero-order valence-corrected chi connectivity index (χ0v) is 14.2. The molecule has 6 nitrogen and oxygen atoms in total. The third-order valence-electron chi connectivity index (χ3n) is 3.56. The van der Waals surface area contributed by atoms with Crippen LogP contribution in [0.2, 0.25) is 0 Å². The number of benzene rings is 2. The van der Waals surface area contributed by atoms with Gasteiger partial charge < -0.3 is 18.9 Å². The molecule has 24 heavy (non-hydrogen) atoms. The van der Waals surface area contributed by atoms with Gasteiger partial charge in [-0.05, 0) is 38.8 Å². The van der Waals surface area contributed by atoms with E-state index in [-0.39, 0.29) is 13.2 Å². The highest BCUT2D eigenvalue weighted by Crippen LogP contribution is 2.40. The number of ether oxygens (including phenoxy) is 4. The van der Waals surface area contributed by atoms with Crippen molar-refractivity contribution in [3.05, 3.63) is 35.4 Å². The van der Waals surface area contributed by atoms with Crippen LogP contribution in [0.15, 0.2) is 24.3 Å². The molecule has 2 aromatic carbocycles. The van der Waals surface area contributed by atoms with Gasteiger partial charge in [-0.2, -0.15) is 0 Å². The molecule has 0 fully saturated rings. The Labute approximate surface area is 140 Å². The van der Waals surface area contributed by atoms with Crippen molar-refractivity contribution in [3.8, 4) is 11.5 Å². The number of hydrogen-bond acceptors (Lipinski definition) is 6. The van der Waals surface area contributed by atoms with E-state index < -0.39 is 12.3 Å². The molecule has 0 aromatic heterocycles. The molecule has 0 bridgehead atoms. The first-order valence-electron chi connectivity index (χ1n) is 7.70. The Hall–Kier alpha value is -2.76. The number of carbonyl (C=O) groups excluding carboxylic acids is 2. The van der Waals surface area contributed by atoms with E-state index in [1.54, 1.807) is 39.8 Å². The van der Waals surface area contributed by atoms with Gasteiger partial charge in [0.05, 0.1) is 13.2 Å². The smallest absolute Gasteiger partial charge is 0.434 e. The van der Waals surface area contributed by atoms with Crippen LogP contribution in [-0.2, 0) is 9.47 Å². The maximum absolute atomic E-state index is 11.7. The lowest BCUT2D eigenvalue weighted by molar-refractivity contribution is 0.102. The van der Waals surface area contributed by atoms with Crippen molar-refractivity contribution in [1.82, 2.24) is 0 Å². The molecular formula is C18H20O6. The van der Waals surface area contributed by atoms with Gasteiger partial charge in [-0.15, -0.1) is 0 Å². The predicted molar refractivity (Wildman–Crippen MR) is 88.7 cm³/mol. The summed E-state index contributed by atoms with van der Waals surface area (Å²) >= 11 is 0. The van der Waals surface area contributed by atoms with Crippen molar-refractivity contribution in [2.45, 2.75) is 27.7 Å². The highest BCUT2D eigenvalue weighted by atomic mass is 16.7. The zero-order valence-electron chi connectivity index (χ0n) is 14.2. The lowest BCUT2D eigenvalue weighted by Crippen LogP contribution is -2.14. The van der Waals surface area contributed by atoms with Crippen molar-refractivity contribution < 1.29 is 28.5 Å². The highest BCUT2D eigenvalue weighted by molar-refractivity contribution is 5.98. The largest absolute Gasteiger partial charge is 0.513 e. The van der Waals surface area contributed by atoms with Gasteiger partial charge in [-0.1, -0.05) is 24.3 Å². The van der Waals surface area contributed by atoms with Crippen LogP contribution in [0.1, 0.15) is 25.0 Å². The van der Waals surface area contributed by atoms with E-state index in [9.17, 15) is 9.59 Å². The second kappa shape index (κ2) is 7.68. The van der Waals surface area contributed by atoms with Crippen LogP contribution in [-0.4, -0.2) is 25.5 Å². The van der Waals surface area contributed by atoms with Gasteiger partial charge in [0, 0.05) is 10.8 Å². The van der Waals surface area contributed by atoms with Crippen LogP contribution in [0.4, 0.5) is 9.59 Å². The second-order valence-electron chi connectivity index (χ2n) is 5.02. The van der Waals surface area contributed by atoms with Gasteiger partial charge in [-0.25, -0.2) is 9.59 Å². The molecule has 0 unspecified atom stereocenters. The van der Waals surface area contributed by atoms with E-state index in [1.165, 1.54) is 0 Å². The molecule has 0 aliphatic carbocycles. The molecule has 0 spiro atoms. The summed E-state index contributed by atoms with van der Waals surface area (Å²) in [6.07, 6.45) is -1.55. The van der Waals surface area contributed by atoms with Crippen molar-refractivity contribution in [2.24, 2.45) is 0 Å². The maximum atomic E-state index is 11.7. The van der Waals surface area contributed by atoms with Crippen molar-refractivity contribution >= 4 is 23.1 Å². The van der Waals surface area contributed by atoms with Crippen LogP contribution >= 0.6 is 0 Å². The monoisotopic (exact) mass is 332 g/mol. The molecule has 2 aromatic rings. The minimum atomic E-state index is -0.774. The van der Waals surface area contributed by atoms with E-state index in [2.05, 4.69) is 0 Å². The lowest BCUT2D eigenvalue weighted by atomic mass is 9.99. The fraction of sp³-hybridized carbons (Fsp3) is 0.333. The first-order chi connectivity index (χ1) is 11.5. The summed E-state index contributed by atoms with van der Waals surface area (Å²) in [6, 6.07) is 7.19. The summed E-state index contributed by atoms with van der Waals surface area (Å²) in [5.74, 6) is 0.774. The Bertz CT molecular complexity index is 701. The Morgan fingerprint density at radius 2 is 1.17 bits per heavy atom. The average molecular weight is 332 g/mol. The zero-order chi connectivity index (χ0) is 17.7. The van der Waals surface area contributed by atoms with Gasteiger partial charge in [0.15, 0.2) is 0 Å². The van der Waals surface area contributed by atoms with Gasteiger partial charge in [0.25, 0.3) is 0 Å². The number of rotatable bonds is 4. The second-order valence-corrected chi connectivity index (χ2v) is 5.02. The van der Waals surface area contributed by atoms with Gasteiger partial charge in [0.1, 0.15) is 11.5 Å². The molecule has 6 heteroatoms. The molecule has 0 atom stereocenters. The SMILES string of the molecule is CCOC(=O)Oc1c(C)c(C)c(OC(=O)OCC)c2ccccc12. The molecule has 0 aliphatic rings. The van der Waals surface area contributed by atoms with Crippen LogP contribution in [0.25, 0.3) is 10.8 Å².